The summed E-state index contributed by atoms with van der Waals surface area (Å²) in [5.74, 6) is -1.33. The second-order valence-electron chi connectivity index (χ2n) is 10.7. The van der Waals surface area contributed by atoms with E-state index in [1.54, 1.807) is 26.0 Å². The van der Waals surface area contributed by atoms with E-state index in [2.05, 4.69) is 28.1 Å². The molecule has 3 amide bonds. The van der Waals surface area contributed by atoms with Gasteiger partial charge in [0.2, 0.25) is 5.91 Å². The second kappa shape index (κ2) is 12.4. The highest BCUT2D eigenvalue weighted by Crippen LogP contribution is 2.32. The van der Waals surface area contributed by atoms with Crippen LogP contribution in [-0.4, -0.2) is 29.1 Å². The number of anilines is 2. The standard InChI is InChI=1S/C31H32F3N3O4/c1-18(2)28(29(39)40)37-27(38)15-19-6-7-23-16-22(9-8-21(23)14-19)20-10-12-25(13-11-20)35-30(41)36-26-5-3-4-24(17-26)31(32,33)34/h3-5,8-13,16-19,28H,6-7,14-15H2,1-2H3,(H,37,38)(H,39,40)(H2,35,36,41). The number of hydrogen-bond acceptors (Lipinski definition) is 3. The number of nitrogens with one attached hydrogen (secondary N) is 3. The summed E-state index contributed by atoms with van der Waals surface area (Å²) in [5, 5.41) is 17.0. The molecule has 216 valence electrons. The van der Waals surface area contributed by atoms with Crippen LogP contribution in [0.25, 0.3) is 11.1 Å². The Morgan fingerprint density at radius 2 is 1.59 bits per heavy atom. The number of carboxylic acids is 1. The second-order valence-corrected chi connectivity index (χ2v) is 10.7. The van der Waals surface area contributed by atoms with Gasteiger partial charge in [-0.15, -0.1) is 0 Å². The average Bonchev–Trinajstić information content (AvgIpc) is 2.91. The molecule has 0 bridgehead atoms. The fourth-order valence-electron chi connectivity index (χ4n) is 5.01. The van der Waals surface area contributed by atoms with E-state index in [1.165, 1.54) is 23.3 Å². The van der Waals surface area contributed by atoms with Crippen molar-refractivity contribution in [1.82, 2.24) is 5.32 Å². The Bertz CT molecular complexity index is 1420. The first-order valence-corrected chi connectivity index (χ1v) is 13.4. The van der Waals surface area contributed by atoms with E-state index in [9.17, 15) is 32.7 Å². The smallest absolute Gasteiger partial charge is 0.416 e. The van der Waals surface area contributed by atoms with Crippen molar-refractivity contribution in [1.29, 1.82) is 0 Å². The van der Waals surface area contributed by atoms with Crippen LogP contribution in [0.5, 0.6) is 0 Å². The number of aliphatic carboxylic acids is 1. The van der Waals surface area contributed by atoms with Gasteiger partial charge >= 0.3 is 18.2 Å². The topological polar surface area (TPSA) is 108 Å². The zero-order valence-corrected chi connectivity index (χ0v) is 22.7. The van der Waals surface area contributed by atoms with Gasteiger partial charge in [0.25, 0.3) is 0 Å². The molecule has 0 saturated heterocycles. The van der Waals surface area contributed by atoms with Crippen LogP contribution < -0.4 is 16.0 Å². The van der Waals surface area contributed by atoms with Gasteiger partial charge < -0.3 is 21.1 Å². The van der Waals surface area contributed by atoms with Gasteiger partial charge in [-0.05, 0) is 83.7 Å². The molecule has 4 N–H and O–H groups in total. The Hall–Kier alpha value is -4.34. The first kappa shape index (κ1) is 29.6. The van der Waals surface area contributed by atoms with Crippen LogP contribution >= 0.6 is 0 Å². The normalized spacial score (nSPS) is 15.5. The number of amides is 3. The van der Waals surface area contributed by atoms with Gasteiger partial charge in [0.1, 0.15) is 6.04 Å². The number of aryl methyl sites for hydroxylation is 1. The molecule has 1 aliphatic carbocycles. The number of carboxylic acid groups (broad SMARTS) is 1. The molecule has 1 aliphatic rings. The summed E-state index contributed by atoms with van der Waals surface area (Å²) in [6.45, 7) is 3.53. The highest BCUT2D eigenvalue weighted by Gasteiger charge is 2.30. The van der Waals surface area contributed by atoms with Crippen LogP contribution in [0.2, 0.25) is 0 Å². The average molecular weight is 568 g/mol. The lowest BCUT2D eigenvalue weighted by atomic mass is 9.81. The molecule has 4 rings (SSSR count). The van der Waals surface area contributed by atoms with Crippen molar-refractivity contribution < 1.29 is 32.7 Å². The SMILES string of the molecule is CC(C)C(NC(=O)CC1CCc2cc(-c3ccc(NC(=O)Nc4cccc(C(F)(F)F)c4)cc3)ccc2C1)C(=O)O. The Kier molecular flexibility index (Phi) is 9.00. The van der Waals surface area contributed by atoms with Crippen LogP contribution in [0.15, 0.2) is 66.7 Å². The lowest BCUT2D eigenvalue weighted by Crippen LogP contribution is -2.45. The monoisotopic (exact) mass is 567 g/mol. The van der Waals surface area contributed by atoms with Gasteiger partial charge in [0, 0.05) is 17.8 Å². The molecule has 3 aromatic rings. The molecule has 0 heterocycles. The van der Waals surface area contributed by atoms with Crippen molar-refractivity contribution in [2.75, 3.05) is 10.6 Å². The first-order chi connectivity index (χ1) is 19.4. The summed E-state index contributed by atoms with van der Waals surface area (Å²) >= 11 is 0. The van der Waals surface area contributed by atoms with Gasteiger partial charge in [0.15, 0.2) is 0 Å². The van der Waals surface area contributed by atoms with E-state index < -0.39 is 29.8 Å². The number of alkyl halides is 3. The predicted octanol–water partition coefficient (Wildman–Crippen LogP) is 6.74. The molecule has 0 spiro atoms. The summed E-state index contributed by atoms with van der Waals surface area (Å²) in [5.41, 5.74) is 3.98. The molecule has 2 unspecified atom stereocenters. The maximum atomic E-state index is 12.9. The Labute approximate surface area is 236 Å². The van der Waals surface area contributed by atoms with Crippen molar-refractivity contribution in [2.45, 2.75) is 51.7 Å². The van der Waals surface area contributed by atoms with Gasteiger partial charge in [-0.2, -0.15) is 13.2 Å². The molecular weight excluding hydrogens is 535 g/mol. The van der Waals surface area contributed by atoms with E-state index in [1.807, 2.05) is 18.2 Å². The summed E-state index contributed by atoms with van der Waals surface area (Å²) in [7, 11) is 0. The van der Waals surface area contributed by atoms with Gasteiger partial charge in [-0.3, -0.25) is 4.79 Å². The largest absolute Gasteiger partial charge is 0.480 e. The van der Waals surface area contributed by atoms with E-state index in [0.29, 0.717) is 5.69 Å². The Morgan fingerprint density at radius 3 is 2.24 bits per heavy atom. The third-order valence-electron chi connectivity index (χ3n) is 7.18. The minimum atomic E-state index is -4.50. The number of carbonyl (C=O) groups excluding carboxylic acids is 2. The van der Waals surface area contributed by atoms with Crippen LogP contribution in [0.1, 0.15) is 43.4 Å². The molecule has 0 fully saturated rings. The van der Waals surface area contributed by atoms with Crippen molar-refractivity contribution in [3.63, 3.8) is 0 Å². The van der Waals surface area contributed by atoms with E-state index in [-0.39, 0.29) is 29.9 Å². The number of rotatable bonds is 8. The number of fused-ring (bicyclic) bond motifs is 1. The third kappa shape index (κ3) is 7.87. The highest BCUT2D eigenvalue weighted by atomic mass is 19.4. The lowest BCUT2D eigenvalue weighted by Gasteiger charge is -2.26. The third-order valence-corrected chi connectivity index (χ3v) is 7.18. The molecule has 2 atom stereocenters. The molecule has 7 nitrogen and oxygen atoms in total. The summed E-state index contributed by atoms with van der Waals surface area (Å²) in [6, 6.07) is 16.2. The van der Waals surface area contributed by atoms with Crippen molar-refractivity contribution in [3.8, 4) is 11.1 Å². The number of benzene rings is 3. The number of urea groups is 1. The zero-order valence-electron chi connectivity index (χ0n) is 22.7. The molecular formula is C31H32F3N3O4. The van der Waals surface area contributed by atoms with Crippen LogP contribution in [0, 0.1) is 11.8 Å². The van der Waals surface area contributed by atoms with Gasteiger partial charge in [0.05, 0.1) is 5.56 Å². The molecule has 0 radical (unpaired) electrons. The quantitative estimate of drug-likeness (QED) is 0.242. The summed E-state index contributed by atoms with van der Waals surface area (Å²) in [6.07, 6.45) is -1.84. The summed E-state index contributed by atoms with van der Waals surface area (Å²) < 4.78 is 38.7. The highest BCUT2D eigenvalue weighted by molar-refractivity contribution is 5.99. The molecule has 10 heteroatoms. The molecule has 41 heavy (non-hydrogen) atoms. The maximum Gasteiger partial charge on any atom is 0.416 e. The molecule has 0 saturated carbocycles. The number of hydrogen-bond donors (Lipinski definition) is 4. The Balaban J connectivity index is 1.33. The van der Waals surface area contributed by atoms with E-state index >= 15 is 0 Å². The number of carbonyl (C=O) groups is 3. The predicted molar refractivity (Wildman–Crippen MR) is 150 cm³/mol. The number of halogens is 3. The first-order valence-electron chi connectivity index (χ1n) is 13.4. The van der Waals surface area contributed by atoms with Gasteiger partial charge in [-0.25, -0.2) is 9.59 Å². The fraction of sp³-hybridized carbons (Fsp3) is 0.323. The van der Waals surface area contributed by atoms with Gasteiger partial charge in [-0.1, -0.05) is 50.2 Å². The van der Waals surface area contributed by atoms with E-state index in [0.717, 1.165) is 42.5 Å². The van der Waals surface area contributed by atoms with Crippen LogP contribution in [-0.2, 0) is 28.6 Å². The fourth-order valence-corrected chi connectivity index (χ4v) is 5.01. The minimum Gasteiger partial charge on any atom is -0.480 e. The molecule has 0 aliphatic heterocycles. The minimum absolute atomic E-state index is 0.0332. The van der Waals surface area contributed by atoms with Crippen LogP contribution in [0.3, 0.4) is 0 Å². The summed E-state index contributed by atoms with van der Waals surface area (Å²) in [4.78, 5) is 36.2. The zero-order chi connectivity index (χ0) is 29.7. The van der Waals surface area contributed by atoms with Crippen molar-refractivity contribution in [3.05, 3.63) is 83.4 Å². The Morgan fingerprint density at radius 1 is 0.902 bits per heavy atom. The maximum absolute atomic E-state index is 12.9. The van der Waals surface area contributed by atoms with Crippen molar-refractivity contribution >= 4 is 29.3 Å². The van der Waals surface area contributed by atoms with E-state index in [4.69, 9.17) is 0 Å². The molecule has 3 aromatic carbocycles. The lowest BCUT2D eigenvalue weighted by molar-refractivity contribution is -0.143. The van der Waals surface area contributed by atoms with Crippen molar-refractivity contribution in [2.24, 2.45) is 11.8 Å². The van der Waals surface area contributed by atoms with Crippen LogP contribution in [0.4, 0.5) is 29.3 Å². The molecule has 0 aromatic heterocycles.